The van der Waals surface area contributed by atoms with Gasteiger partial charge in [0.15, 0.2) is 0 Å². The molecule has 1 atom stereocenters. The number of aromatic nitrogens is 3. The largest absolute Gasteiger partial charge is 0.493 e. The standard InChI is InChI=1S/C23H25N5O3/c1-16-4-2-3-5-19(16)30-10-7-22(29)28-9-11-31-20(14-28)23-18(13-25-15-27-23)17-6-8-26-21(24)12-17/h2-6,8,12-13,15,20H,7,9-11,14H2,1H3,(H2,24,26)/t20-/m1/s1. The Kier molecular flexibility index (Phi) is 6.37. The number of nitrogen functional groups attached to an aromatic ring is 1. The molecular weight excluding hydrogens is 394 g/mol. The summed E-state index contributed by atoms with van der Waals surface area (Å²) < 4.78 is 11.7. The Balaban J connectivity index is 1.42. The van der Waals surface area contributed by atoms with Gasteiger partial charge in [-0.15, -0.1) is 0 Å². The number of anilines is 1. The molecule has 0 aliphatic carbocycles. The zero-order valence-corrected chi connectivity index (χ0v) is 17.4. The number of hydrogen-bond donors (Lipinski definition) is 1. The monoisotopic (exact) mass is 419 g/mol. The second-order valence-corrected chi connectivity index (χ2v) is 7.35. The summed E-state index contributed by atoms with van der Waals surface area (Å²) in [5, 5.41) is 0. The van der Waals surface area contributed by atoms with Gasteiger partial charge in [-0.2, -0.15) is 0 Å². The van der Waals surface area contributed by atoms with E-state index in [0.717, 1.165) is 28.1 Å². The smallest absolute Gasteiger partial charge is 0.226 e. The predicted octanol–water partition coefficient (Wildman–Crippen LogP) is 2.80. The molecule has 1 amide bonds. The summed E-state index contributed by atoms with van der Waals surface area (Å²) in [6.45, 7) is 3.73. The lowest BCUT2D eigenvalue weighted by Gasteiger charge is -2.33. The van der Waals surface area contributed by atoms with Crippen molar-refractivity contribution >= 4 is 11.7 Å². The molecule has 1 aromatic carbocycles. The summed E-state index contributed by atoms with van der Waals surface area (Å²) >= 11 is 0. The van der Waals surface area contributed by atoms with Crippen LogP contribution in [0, 0.1) is 6.92 Å². The van der Waals surface area contributed by atoms with Gasteiger partial charge in [0.25, 0.3) is 0 Å². The van der Waals surface area contributed by atoms with Crippen molar-refractivity contribution in [3.8, 4) is 16.9 Å². The molecule has 0 unspecified atom stereocenters. The second kappa shape index (κ2) is 9.53. The second-order valence-electron chi connectivity index (χ2n) is 7.35. The van der Waals surface area contributed by atoms with Gasteiger partial charge in [-0.25, -0.2) is 15.0 Å². The molecule has 2 N–H and O–H groups in total. The summed E-state index contributed by atoms with van der Waals surface area (Å²) in [7, 11) is 0. The van der Waals surface area contributed by atoms with E-state index in [2.05, 4.69) is 15.0 Å². The van der Waals surface area contributed by atoms with Crippen LogP contribution in [0.5, 0.6) is 5.75 Å². The molecule has 1 fully saturated rings. The van der Waals surface area contributed by atoms with Crippen molar-refractivity contribution in [1.29, 1.82) is 0 Å². The van der Waals surface area contributed by atoms with E-state index in [-0.39, 0.29) is 12.0 Å². The maximum absolute atomic E-state index is 12.8. The Morgan fingerprint density at radius 2 is 2.16 bits per heavy atom. The Bertz CT molecular complexity index is 1060. The Hall–Kier alpha value is -3.52. The van der Waals surface area contributed by atoms with E-state index in [9.17, 15) is 4.79 Å². The van der Waals surface area contributed by atoms with Gasteiger partial charge in [-0.1, -0.05) is 18.2 Å². The van der Waals surface area contributed by atoms with E-state index in [4.69, 9.17) is 15.2 Å². The highest BCUT2D eigenvalue weighted by molar-refractivity contribution is 5.76. The number of para-hydroxylation sites is 1. The topological polar surface area (TPSA) is 103 Å². The number of amides is 1. The van der Waals surface area contributed by atoms with Crippen LogP contribution in [0.15, 0.2) is 55.1 Å². The minimum Gasteiger partial charge on any atom is -0.493 e. The van der Waals surface area contributed by atoms with Gasteiger partial charge >= 0.3 is 0 Å². The molecule has 0 radical (unpaired) electrons. The van der Waals surface area contributed by atoms with Crippen molar-refractivity contribution in [2.45, 2.75) is 19.4 Å². The van der Waals surface area contributed by atoms with Crippen molar-refractivity contribution in [3.63, 3.8) is 0 Å². The van der Waals surface area contributed by atoms with Gasteiger partial charge in [-0.05, 0) is 36.2 Å². The molecule has 0 spiro atoms. The summed E-state index contributed by atoms with van der Waals surface area (Å²) in [4.78, 5) is 27.2. The molecule has 1 aliphatic heterocycles. The molecule has 1 aliphatic rings. The number of pyridine rings is 1. The number of benzene rings is 1. The van der Waals surface area contributed by atoms with E-state index in [0.29, 0.717) is 38.5 Å². The minimum atomic E-state index is -0.345. The van der Waals surface area contributed by atoms with Crippen LogP contribution in [-0.2, 0) is 9.53 Å². The molecule has 0 saturated carbocycles. The first kappa shape index (κ1) is 20.7. The molecule has 4 rings (SSSR count). The molecular formula is C23H25N5O3. The fraction of sp³-hybridized carbons (Fsp3) is 0.304. The highest BCUT2D eigenvalue weighted by Gasteiger charge is 2.28. The number of nitrogens with zero attached hydrogens (tertiary/aromatic N) is 4. The summed E-state index contributed by atoms with van der Waals surface area (Å²) in [6, 6.07) is 11.4. The van der Waals surface area contributed by atoms with Gasteiger partial charge in [0.05, 0.1) is 31.9 Å². The van der Waals surface area contributed by atoms with Crippen molar-refractivity contribution in [1.82, 2.24) is 19.9 Å². The molecule has 31 heavy (non-hydrogen) atoms. The molecule has 8 nitrogen and oxygen atoms in total. The maximum atomic E-state index is 12.8. The van der Waals surface area contributed by atoms with Crippen LogP contribution in [-0.4, -0.2) is 52.1 Å². The van der Waals surface area contributed by atoms with Crippen molar-refractivity contribution in [3.05, 3.63) is 66.4 Å². The van der Waals surface area contributed by atoms with Crippen LogP contribution >= 0.6 is 0 Å². The Morgan fingerprint density at radius 1 is 1.29 bits per heavy atom. The van der Waals surface area contributed by atoms with E-state index in [1.807, 2.05) is 42.2 Å². The summed E-state index contributed by atoms with van der Waals surface area (Å²) in [5.41, 5.74) is 9.30. The van der Waals surface area contributed by atoms with Crippen molar-refractivity contribution in [2.24, 2.45) is 0 Å². The average Bonchev–Trinajstić information content (AvgIpc) is 2.80. The van der Waals surface area contributed by atoms with E-state index >= 15 is 0 Å². The number of nitrogens with two attached hydrogens (primary N) is 1. The van der Waals surface area contributed by atoms with Gasteiger partial charge in [-0.3, -0.25) is 4.79 Å². The number of carbonyl (C=O) groups is 1. The predicted molar refractivity (Wildman–Crippen MR) is 116 cm³/mol. The first-order valence-electron chi connectivity index (χ1n) is 10.2. The van der Waals surface area contributed by atoms with E-state index in [1.165, 1.54) is 6.33 Å². The van der Waals surface area contributed by atoms with Crippen LogP contribution in [0.1, 0.15) is 23.8 Å². The number of morpholine rings is 1. The first-order valence-corrected chi connectivity index (χ1v) is 10.2. The van der Waals surface area contributed by atoms with Gasteiger partial charge in [0, 0.05) is 24.5 Å². The lowest BCUT2D eigenvalue weighted by atomic mass is 10.0. The molecule has 2 aromatic heterocycles. The molecule has 3 aromatic rings. The van der Waals surface area contributed by atoms with Crippen LogP contribution < -0.4 is 10.5 Å². The number of carbonyl (C=O) groups excluding carboxylic acids is 1. The third-order valence-corrected chi connectivity index (χ3v) is 5.23. The van der Waals surface area contributed by atoms with Gasteiger partial charge in [0.2, 0.25) is 5.91 Å². The summed E-state index contributed by atoms with van der Waals surface area (Å²) in [5.74, 6) is 1.25. The maximum Gasteiger partial charge on any atom is 0.226 e. The molecule has 160 valence electrons. The third-order valence-electron chi connectivity index (χ3n) is 5.23. The highest BCUT2D eigenvalue weighted by Crippen LogP contribution is 2.30. The molecule has 1 saturated heterocycles. The molecule has 3 heterocycles. The SMILES string of the molecule is Cc1ccccc1OCCC(=O)N1CCO[C@@H](c2ncncc2-c2ccnc(N)c2)C1. The lowest BCUT2D eigenvalue weighted by Crippen LogP contribution is -2.43. The normalized spacial score (nSPS) is 16.2. The zero-order chi connectivity index (χ0) is 21.6. The number of hydrogen-bond acceptors (Lipinski definition) is 7. The van der Waals surface area contributed by atoms with Crippen LogP contribution in [0.3, 0.4) is 0 Å². The quantitative estimate of drug-likeness (QED) is 0.655. The third kappa shape index (κ3) is 4.97. The van der Waals surface area contributed by atoms with Gasteiger partial charge in [0.1, 0.15) is 24.0 Å². The first-order chi connectivity index (χ1) is 15.1. The van der Waals surface area contributed by atoms with Crippen LogP contribution in [0.2, 0.25) is 0 Å². The van der Waals surface area contributed by atoms with Crippen molar-refractivity contribution < 1.29 is 14.3 Å². The minimum absolute atomic E-state index is 0.0330. The Labute approximate surface area is 181 Å². The zero-order valence-electron chi connectivity index (χ0n) is 17.4. The number of ether oxygens (including phenoxy) is 2. The van der Waals surface area contributed by atoms with Crippen molar-refractivity contribution in [2.75, 3.05) is 32.0 Å². The Morgan fingerprint density at radius 3 is 3.00 bits per heavy atom. The number of rotatable bonds is 6. The molecule has 8 heteroatoms. The molecule has 0 bridgehead atoms. The van der Waals surface area contributed by atoms with Gasteiger partial charge < -0.3 is 20.1 Å². The lowest BCUT2D eigenvalue weighted by molar-refractivity contribution is -0.139. The average molecular weight is 419 g/mol. The number of aryl methyl sites for hydroxylation is 1. The van der Waals surface area contributed by atoms with E-state index < -0.39 is 0 Å². The van der Waals surface area contributed by atoms with Crippen LogP contribution in [0.25, 0.3) is 11.1 Å². The summed E-state index contributed by atoms with van der Waals surface area (Å²) in [6.07, 6.45) is 4.83. The van der Waals surface area contributed by atoms with E-state index in [1.54, 1.807) is 18.5 Å². The highest BCUT2D eigenvalue weighted by atomic mass is 16.5. The van der Waals surface area contributed by atoms with Crippen LogP contribution in [0.4, 0.5) is 5.82 Å². The fourth-order valence-corrected chi connectivity index (χ4v) is 3.60. The fourth-order valence-electron chi connectivity index (χ4n) is 3.60.